The quantitative estimate of drug-likeness (QED) is 0.280. The molecule has 0 fully saturated rings. The average molecular weight is 502 g/mol. The smallest absolute Gasteiger partial charge is 0.274 e. The molecular formula is C29H23N7O2. The molecule has 1 aliphatic heterocycles. The van der Waals surface area contributed by atoms with Gasteiger partial charge in [-0.2, -0.15) is 0 Å². The van der Waals surface area contributed by atoms with Gasteiger partial charge in [-0.25, -0.2) is 9.97 Å². The van der Waals surface area contributed by atoms with Gasteiger partial charge in [0.25, 0.3) is 5.91 Å². The summed E-state index contributed by atoms with van der Waals surface area (Å²) in [6.07, 6.45) is 4.95. The number of phenolic OH excluding ortho intramolecular Hbond substituents is 1. The van der Waals surface area contributed by atoms with Crippen LogP contribution < -0.4 is 10.4 Å². The Kier molecular flexibility index (Phi) is 4.74. The predicted molar refractivity (Wildman–Crippen MR) is 146 cm³/mol. The number of aromatic amines is 2. The van der Waals surface area contributed by atoms with Gasteiger partial charge < -0.3 is 24.5 Å². The van der Waals surface area contributed by atoms with E-state index >= 15 is 0 Å². The molecule has 0 bridgehead atoms. The van der Waals surface area contributed by atoms with E-state index in [2.05, 4.69) is 26.5 Å². The van der Waals surface area contributed by atoms with Crippen LogP contribution in [-0.4, -0.2) is 42.1 Å². The van der Waals surface area contributed by atoms with Crippen LogP contribution in [0.3, 0.4) is 0 Å². The summed E-state index contributed by atoms with van der Waals surface area (Å²) < 4.78 is 1.91. The third-order valence-electron chi connectivity index (χ3n) is 7.37. The number of carbonyl (C=O) groups is 1. The van der Waals surface area contributed by atoms with Crippen molar-refractivity contribution in [1.82, 2.24) is 24.5 Å². The summed E-state index contributed by atoms with van der Waals surface area (Å²) in [6, 6.07) is 17.1. The molecule has 3 aromatic heterocycles. The number of hydrogen-bond donors (Lipinski definition) is 4. The van der Waals surface area contributed by atoms with Crippen LogP contribution in [0.25, 0.3) is 38.9 Å². The van der Waals surface area contributed by atoms with Crippen LogP contribution in [0.2, 0.25) is 0 Å². The average Bonchev–Trinajstić information content (AvgIpc) is 3.67. The minimum atomic E-state index is -0.172. The number of nitrogens with one attached hydrogen (secondary N) is 3. The number of fused-ring (bicyclic) bond motifs is 5. The summed E-state index contributed by atoms with van der Waals surface area (Å²) in [5, 5.41) is 21.5. The van der Waals surface area contributed by atoms with Gasteiger partial charge >= 0.3 is 0 Å². The Morgan fingerprint density at radius 3 is 2.84 bits per heavy atom. The summed E-state index contributed by atoms with van der Waals surface area (Å²) in [5.74, 6) is -0.138. The second-order valence-corrected chi connectivity index (χ2v) is 9.57. The number of H-pyrrole nitrogens is 2. The first-order chi connectivity index (χ1) is 18.5. The Morgan fingerprint density at radius 2 is 2.00 bits per heavy atom. The van der Waals surface area contributed by atoms with E-state index in [-0.39, 0.29) is 23.1 Å². The molecule has 0 spiro atoms. The molecule has 4 heterocycles. The van der Waals surface area contributed by atoms with Crippen LogP contribution in [-0.2, 0) is 6.54 Å². The summed E-state index contributed by atoms with van der Waals surface area (Å²) >= 11 is 0. The first-order valence-corrected chi connectivity index (χ1v) is 12.3. The maximum Gasteiger partial charge on any atom is 0.274 e. The zero-order chi connectivity index (χ0) is 26.0. The molecule has 1 atom stereocenters. The number of amides is 1. The predicted octanol–water partition coefficient (Wildman–Crippen LogP) is 4.67. The summed E-state index contributed by atoms with van der Waals surface area (Å²) in [6.45, 7) is 4.74. The number of hydrogen-bond acceptors (Lipinski definition) is 5. The molecule has 1 aliphatic rings. The molecule has 7 rings (SSSR count). The molecule has 0 saturated carbocycles. The normalized spacial score (nSPS) is 14.9. The minimum absolute atomic E-state index is 0.0977. The van der Waals surface area contributed by atoms with E-state index < -0.39 is 0 Å². The van der Waals surface area contributed by atoms with Gasteiger partial charge in [0.15, 0.2) is 11.1 Å². The van der Waals surface area contributed by atoms with Gasteiger partial charge in [-0.3, -0.25) is 10.2 Å². The van der Waals surface area contributed by atoms with Gasteiger partial charge in [0.1, 0.15) is 17.0 Å². The van der Waals surface area contributed by atoms with Gasteiger partial charge in [0, 0.05) is 41.4 Å². The molecule has 38 heavy (non-hydrogen) atoms. The first-order valence-electron chi connectivity index (χ1n) is 12.3. The highest BCUT2D eigenvalue weighted by Crippen LogP contribution is 2.46. The molecule has 4 N–H and O–H groups in total. The Labute approximate surface area is 216 Å². The lowest BCUT2D eigenvalue weighted by Gasteiger charge is -2.18. The van der Waals surface area contributed by atoms with Crippen LogP contribution in [0, 0.1) is 5.41 Å². The number of phenols is 1. The number of nitrogens with zero attached hydrogens (tertiary/aromatic N) is 4. The van der Waals surface area contributed by atoms with Crippen molar-refractivity contribution < 1.29 is 9.90 Å². The standard InChI is InChI=1S/C29H23N7O2/c1-2-16-7-8-21-17(9-16)10-22(34-21)29(38)36-13-18(12-35-15-33-27(30)26-28(35)32-14-31-26)25-20-6-4-3-5-19(20)24(37)11-23(25)36/h2-11,14-15,18,30,34,37H,1,12-13H2,(H,31,32)/t18-/m1/s1. The van der Waals surface area contributed by atoms with Gasteiger partial charge in [-0.05, 0) is 34.7 Å². The topological polar surface area (TPSA) is 127 Å². The number of aromatic nitrogens is 5. The van der Waals surface area contributed by atoms with Crippen molar-refractivity contribution >= 4 is 50.5 Å². The third-order valence-corrected chi connectivity index (χ3v) is 7.37. The van der Waals surface area contributed by atoms with Gasteiger partial charge in [0.05, 0.1) is 18.3 Å². The van der Waals surface area contributed by atoms with E-state index in [9.17, 15) is 9.90 Å². The second kappa shape index (κ2) is 8.17. The van der Waals surface area contributed by atoms with Crippen LogP contribution in [0.4, 0.5) is 5.69 Å². The Hall–Kier alpha value is -5.18. The summed E-state index contributed by atoms with van der Waals surface area (Å²) in [4.78, 5) is 30.5. The largest absolute Gasteiger partial charge is 0.507 e. The lowest BCUT2D eigenvalue weighted by Crippen LogP contribution is -2.31. The number of aromatic hydroxyl groups is 1. The monoisotopic (exact) mass is 501 g/mol. The number of carbonyl (C=O) groups excluding carboxylic acids is 1. The Morgan fingerprint density at radius 1 is 1.16 bits per heavy atom. The second-order valence-electron chi connectivity index (χ2n) is 9.57. The van der Waals surface area contributed by atoms with Crippen molar-refractivity contribution in [2.24, 2.45) is 0 Å². The van der Waals surface area contributed by atoms with Crippen LogP contribution >= 0.6 is 0 Å². The maximum absolute atomic E-state index is 13.9. The van der Waals surface area contributed by atoms with Crippen molar-refractivity contribution in [3.8, 4) is 5.75 Å². The fraction of sp³-hybridized carbons (Fsp3) is 0.103. The highest BCUT2D eigenvalue weighted by Gasteiger charge is 2.36. The zero-order valence-corrected chi connectivity index (χ0v) is 20.3. The third kappa shape index (κ3) is 3.25. The molecule has 0 unspecified atom stereocenters. The maximum atomic E-state index is 13.9. The van der Waals surface area contributed by atoms with Crippen LogP contribution in [0.15, 0.2) is 73.8 Å². The molecule has 0 radical (unpaired) electrons. The fourth-order valence-corrected chi connectivity index (χ4v) is 5.60. The van der Waals surface area contributed by atoms with E-state index in [1.807, 2.05) is 53.1 Å². The zero-order valence-electron chi connectivity index (χ0n) is 20.3. The van der Waals surface area contributed by atoms with E-state index in [4.69, 9.17) is 5.41 Å². The van der Waals surface area contributed by atoms with E-state index in [0.717, 1.165) is 32.8 Å². The summed E-state index contributed by atoms with van der Waals surface area (Å²) in [7, 11) is 0. The molecule has 1 amide bonds. The number of anilines is 1. The minimum Gasteiger partial charge on any atom is -0.507 e. The van der Waals surface area contributed by atoms with E-state index in [1.54, 1.807) is 29.7 Å². The van der Waals surface area contributed by atoms with Crippen LogP contribution in [0.5, 0.6) is 5.75 Å². The van der Waals surface area contributed by atoms with Crippen molar-refractivity contribution in [2.45, 2.75) is 12.5 Å². The fourth-order valence-electron chi connectivity index (χ4n) is 5.60. The molecule has 186 valence electrons. The van der Waals surface area contributed by atoms with E-state index in [0.29, 0.717) is 35.6 Å². The first kappa shape index (κ1) is 22.1. The van der Waals surface area contributed by atoms with Crippen molar-refractivity contribution in [1.29, 1.82) is 5.41 Å². The van der Waals surface area contributed by atoms with E-state index in [1.165, 1.54) is 0 Å². The Balaban J connectivity index is 1.36. The Bertz CT molecular complexity index is 1980. The highest BCUT2D eigenvalue weighted by atomic mass is 16.3. The van der Waals surface area contributed by atoms with Gasteiger partial charge in [-0.15, -0.1) is 0 Å². The molecular weight excluding hydrogens is 478 g/mol. The molecule has 0 aliphatic carbocycles. The van der Waals surface area contributed by atoms with Gasteiger partial charge in [-0.1, -0.05) is 43.0 Å². The van der Waals surface area contributed by atoms with Crippen molar-refractivity contribution in [2.75, 3.05) is 11.4 Å². The lowest BCUT2D eigenvalue weighted by atomic mass is 9.94. The molecule has 9 nitrogen and oxygen atoms in total. The molecule has 3 aromatic carbocycles. The van der Waals surface area contributed by atoms with Gasteiger partial charge in [0.2, 0.25) is 0 Å². The van der Waals surface area contributed by atoms with Crippen molar-refractivity contribution in [3.63, 3.8) is 0 Å². The molecule has 6 aromatic rings. The molecule has 0 saturated heterocycles. The summed E-state index contributed by atoms with van der Waals surface area (Å²) in [5.41, 5.74) is 5.32. The number of imidazole rings is 1. The van der Waals surface area contributed by atoms with Crippen molar-refractivity contribution in [3.05, 3.63) is 96.1 Å². The molecule has 9 heteroatoms. The highest BCUT2D eigenvalue weighted by molar-refractivity contribution is 6.11. The lowest BCUT2D eigenvalue weighted by molar-refractivity contribution is 0.0984. The SMILES string of the molecule is C=Cc1ccc2[nH]c(C(=O)N3C[C@@H](Cn4cnc(=N)c5[nH]cnc54)c4c3cc(O)c3ccccc43)cc2c1. The number of rotatable bonds is 4. The van der Waals surface area contributed by atoms with Crippen LogP contribution in [0.1, 0.15) is 27.5 Å². The number of benzene rings is 3.